The molecule has 0 spiro atoms. The van der Waals surface area contributed by atoms with Gasteiger partial charge < -0.3 is 20.0 Å². The van der Waals surface area contributed by atoms with Crippen molar-refractivity contribution >= 4 is 12.0 Å². The Hall–Kier alpha value is -1.44. The van der Waals surface area contributed by atoms with E-state index in [9.17, 15) is 23.5 Å². The molecular weight excluding hydrogens is 286 g/mol. The van der Waals surface area contributed by atoms with E-state index in [0.717, 1.165) is 0 Å². The van der Waals surface area contributed by atoms with Crippen LogP contribution in [0.3, 0.4) is 0 Å². The van der Waals surface area contributed by atoms with E-state index in [1.54, 1.807) is 7.05 Å². The zero-order chi connectivity index (χ0) is 16.4. The molecule has 0 radical (unpaired) electrons. The average Bonchev–Trinajstić information content (AvgIpc) is 2.60. The number of carboxylic acids is 1. The molecule has 0 aromatic rings. The zero-order valence-corrected chi connectivity index (χ0v) is 12.5. The number of carbonyl (C=O) groups is 2. The molecule has 1 fully saturated rings. The summed E-state index contributed by atoms with van der Waals surface area (Å²) in [5, 5.41) is 18.6. The smallest absolute Gasteiger partial charge is 0.377 e. The van der Waals surface area contributed by atoms with E-state index in [0.29, 0.717) is 0 Å². The van der Waals surface area contributed by atoms with Crippen molar-refractivity contribution in [1.82, 2.24) is 9.80 Å². The monoisotopic (exact) mass is 308 g/mol. The lowest BCUT2D eigenvalue weighted by atomic mass is 9.88. The minimum absolute atomic E-state index is 0.0416. The Bertz CT molecular complexity index is 417. The van der Waals surface area contributed by atoms with Crippen LogP contribution in [0.25, 0.3) is 0 Å². The number of nitrogens with zero attached hydrogens (tertiary/aromatic N) is 2. The van der Waals surface area contributed by atoms with Crippen molar-refractivity contribution in [2.45, 2.75) is 50.7 Å². The summed E-state index contributed by atoms with van der Waals surface area (Å²) in [6.45, 7) is 3.76. The third kappa shape index (κ3) is 3.42. The molecule has 1 unspecified atom stereocenters. The van der Waals surface area contributed by atoms with Crippen molar-refractivity contribution < 1.29 is 28.6 Å². The largest absolute Gasteiger partial charge is 0.477 e. The molecule has 1 heterocycles. The SMILES string of the molecule is CC(C)N(C)C(=O)N1CCCC(O)(C(F)(F)C(=O)O)CC1. The van der Waals surface area contributed by atoms with Crippen LogP contribution < -0.4 is 0 Å². The van der Waals surface area contributed by atoms with Gasteiger partial charge in [0.15, 0.2) is 0 Å². The Morgan fingerprint density at radius 1 is 1.29 bits per heavy atom. The van der Waals surface area contributed by atoms with Crippen LogP contribution in [0.2, 0.25) is 0 Å². The molecule has 1 atom stereocenters. The van der Waals surface area contributed by atoms with Gasteiger partial charge in [0.25, 0.3) is 0 Å². The number of hydrogen-bond acceptors (Lipinski definition) is 3. The van der Waals surface area contributed by atoms with Gasteiger partial charge in [0.2, 0.25) is 0 Å². The predicted molar refractivity (Wildman–Crippen MR) is 71.3 cm³/mol. The molecule has 0 aromatic carbocycles. The van der Waals surface area contributed by atoms with Crippen LogP contribution in [-0.4, -0.2) is 69.7 Å². The van der Waals surface area contributed by atoms with Gasteiger partial charge in [-0.2, -0.15) is 8.78 Å². The van der Waals surface area contributed by atoms with Crippen molar-refractivity contribution in [2.24, 2.45) is 0 Å². The molecular formula is C13H22F2N2O4. The maximum Gasteiger partial charge on any atom is 0.377 e. The Morgan fingerprint density at radius 3 is 2.33 bits per heavy atom. The van der Waals surface area contributed by atoms with Gasteiger partial charge >= 0.3 is 17.9 Å². The van der Waals surface area contributed by atoms with Crippen LogP contribution in [0.4, 0.5) is 13.6 Å². The van der Waals surface area contributed by atoms with E-state index in [4.69, 9.17) is 5.11 Å². The fourth-order valence-corrected chi connectivity index (χ4v) is 2.27. The lowest BCUT2D eigenvalue weighted by molar-refractivity contribution is -0.211. The van der Waals surface area contributed by atoms with Crippen molar-refractivity contribution in [2.75, 3.05) is 20.1 Å². The number of carboxylic acid groups (broad SMARTS) is 1. The Morgan fingerprint density at radius 2 is 1.86 bits per heavy atom. The fourth-order valence-electron chi connectivity index (χ4n) is 2.27. The number of hydrogen-bond donors (Lipinski definition) is 2. The number of halogens is 2. The summed E-state index contributed by atoms with van der Waals surface area (Å²) >= 11 is 0. The van der Waals surface area contributed by atoms with Crippen molar-refractivity contribution in [3.05, 3.63) is 0 Å². The molecule has 1 aliphatic heterocycles. The first-order valence-electron chi connectivity index (χ1n) is 6.88. The molecule has 0 aliphatic carbocycles. The molecule has 21 heavy (non-hydrogen) atoms. The third-order valence-electron chi connectivity index (χ3n) is 4.01. The van der Waals surface area contributed by atoms with Crippen molar-refractivity contribution in [3.8, 4) is 0 Å². The molecule has 6 nitrogen and oxygen atoms in total. The molecule has 122 valence electrons. The summed E-state index contributed by atoms with van der Waals surface area (Å²) < 4.78 is 27.3. The molecule has 0 aromatic heterocycles. The quantitative estimate of drug-likeness (QED) is 0.825. The van der Waals surface area contributed by atoms with Gasteiger partial charge in [-0.25, -0.2) is 9.59 Å². The lowest BCUT2D eigenvalue weighted by Gasteiger charge is -2.33. The molecule has 1 saturated heterocycles. The first-order valence-corrected chi connectivity index (χ1v) is 6.88. The van der Waals surface area contributed by atoms with Gasteiger partial charge in [0.05, 0.1) is 0 Å². The highest BCUT2D eigenvalue weighted by Crippen LogP contribution is 2.37. The number of carbonyl (C=O) groups excluding carboxylic acids is 1. The van der Waals surface area contributed by atoms with E-state index in [1.807, 2.05) is 13.8 Å². The van der Waals surface area contributed by atoms with Crippen LogP contribution in [0, 0.1) is 0 Å². The number of urea groups is 1. The average molecular weight is 308 g/mol. The second-order valence-electron chi connectivity index (χ2n) is 5.74. The first-order chi connectivity index (χ1) is 9.53. The summed E-state index contributed by atoms with van der Waals surface area (Å²) in [5.41, 5.74) is -2.62. The van der Waals surface area contributed by atoms with Gasteiger partial charge in [-0.1, -0.05) is 0 Å². The highest BCUT2D eigenvalue weighted by molar-refractivity contribution is 5.77. The molecule has 1 aliphatic rings. The number of aliphatic carboxylic acids is 1. The summed E-state index contributed by atoms with van der Waals surface area (Å²) in [6, 6.07) is -0.354. The number of aliphatic hydroxyl groups is 1. The van der Waals surface area contributed by atoms with Crippen LogP contribution in [0.1, 0.15) is 33.1 Å². The van der Waals surface area contributed by atoms with Gasteiger partial charge in [-0.15, -0.1) is 0 Å². The van der Waals surface area contributed by atoms with E-state index < -0.39 is 23.9 Å². The number of alkyl halides is 2. The Balaban J connectivity index is 2.83. The van der Waals surface area contributed by atoms with E-state index in [1.165, 1.54) is 9.80 Å². The summed E-state index contributed by atoms with van der Waals surface area (Å²) in [4.78, 5) is 25.6. The zero-order valence-electron chi connectivity index (χ0n) is 12.5. The van der Waals surface area contributed by atoms with Crippen molar-refractivity contribution in [3.63, 3.8) is 0 Å². The number of likely N-dealkylation sites (tertiary alicyclic amines) is 1. The molecule has 0 saturated carbocycles. The number of rotatable bonds is 3. The van der Waals surface area contributed by atoms with Gasteiger partial charge in [0, 0.05) is 32.6 Å². The van der Waals surface area contributed by atoms with Crippen LogP contribution in [0.5, 0.6) is 0 Å². The standard InChI is InChI=1S/C13H22F2N2O4/c1-9(2)16(3)11(20)17-7-4-5-12(21,6-8-17)13(14,15)10(18)19/h9,21H,4-8H2,1-3H3,(H,18,19). The van der Waals surface area contributed by atoms with Gasteiger partial charge in [0.1, 0.15) is 5.60 Å². The van der Waals surface area contributed by atoms with E-state index in [2.05, 4.69) is 0 Å². The molecule has 2 N–H and O–H groups in total. The normalized spacial score (nSPS) is 23.9. The molecule has 0 bridgehead atoms. The topological polar surface area (TPSA) is 81.1 Å². The van der Waals surface area contributed by atoms with Crippen LogP contribution in [-0.2, 0) is 4.79 Å². The first kappa shape index (κ1) is 17.6. The Kier molecular flexibility index (Phi) is 5.14. The predicted octanol–water partition coefficient (Wildman–Crippen LogP) is 1.38. The Labute approximate surface area is 122 Å². The van der Waals surface area contributed by atoms with Crippen LogP contribution in [0.15, 0.2) is 0 Å². The third-order valence-corrected chi connectivity index (χ3v) is 4.01. The summed E-state index contributed by atoms with van der Waals surface area (Å²) in [5.74, 6) is -6.57. The summed E-state index contributed by atoms with van der Waals surface area (Å²) in [7, 11) is 1.61. The summed E-state index contributed by atoms with van der Waals surface area (Å²) in [6.07, 6.45) is -0.706. The molecule has 8 heteroatoms. The van der Waals surface area contributed by atoms with Crippen LogP contribution >= 0.6 is 0 Å². The maximum absolute atomic E-state index is 13.6. The number of amides is 2. The lowest BCUT2D eigenvalue weighted by Crippen LogP contribution is -2.54. The highest BCUT2D eigenvalue weighted by atomic mass is 19.3. The van der Waals surface area contributed by atoms with Gasteiger partial charge in [-0.3, -0.25) is 0 Å². The molecule has 2 amide bonds. The van der Waals surface area contributed by atoms with E-state index in [-0.39, 0.29) is 38.0 Å². The van der Waals surface area contributed by atoms with Crippen molar-refractivity contribution in [1.29, 1.82) is 0 Å². The second-order valence-corrected chi connectivity index (χ2v) is 5.74. The van der Waals surface area contributed by atoms with Gasteiger partial charge in [-0.05, 0) is 26.7 Å². The highest BCUT2D eigenvalue weighted by Gasteiger charge is 2.58. The molecule has 1 rings (SSSR count). The maximum atomic E-state index is 13.6. The minimum Gasteiger partial charge on any atom is -0.477 e. The van der Waals surface area contributed by atoms with E-state index >= 15 is 0 Å². The second kappa shape index (κ2) is 6.13. The minimum atomic E-state index is -4.23. The fraction of sp³-hybridized carbons (Fsp3) is 0.846.